The van der Waals surface area contributed by atoms with Gasteiger partial charge in [0.1, 0.15) is 0 Å². The summed E-state index contributed by atoms with van der Waals surface area (Å²) in [5, 5.41) is 3.62. The van der Waals surface area contributed by atoms with Crippen molar-refractivity contribution in [2.24, 2.45) is 0 Å². The number of benzene rings is 1. The van der Waals surface area contributed by atoms with Crippen LogP contribution in [0.2, 0.25) is 0 Å². The molecule has 3 nitrogen and oxygen atoms in total. The molecule has 4 heteroatoms. The molecule has 1 N–H and O–H groups in total. The standard InChI is InChI=1S/C17H26N2O.ClH/c1-4-11-18-15-9-10-16-14(12-15)7-6-8-17(16)19(5-2)13(3)20;/h6-8,15,18H,4-5,9-12H2,1-3H3;1H. The van der Waals surface area contributed by atoms with Gasteiger partial charge in [0.2, 0.25) is 5.91 Å². The molecule has 0 saturated carbocycles. The van der Waals surface area contributed by atoms with Crippen LogP contribution in [-0.4, -0.2) is 25.0 Å². The maximum Gasteiger partial charge on any atom is 0.223 e. The zero-order chi connectivity index (χ0) is 14.5. The molecule has 0 spiro atoms. The van der Waals surface area contributed by atoms with Crippen molar-refractivity contribution in [2.75, 3.05) is 18.0 Å². The minimum Gasteiger partial charge on any atom is -0.314 e. The van der Waals surface area contributed by atoms with Crippen molar-refractivity contribution >= 4 is 24.0 Å². The SMILES string of the molecule is CCCNC1CCc2c(cccc2N(CC)C(C)=O)C1.Cl. The van der Waals surface area contributed by atoms with Gasteiger partial charge in [0, 0.05) is 25.2 Å². The fourth-order valence-corrected chi connectivity index (χ4v) is 3.13. The highest BCUT2D eigenvalue weighted by Crippen LogP contribution is 2.30. The van der Waals surface area contributed by atoms with Crippen molar-refractivity contribution in [3.63, 3.8) is 0 Å². The molecule has 1 aliphatic carbocycles. The molecule has 0 fully saturated rings. The third kappa shape index (κ3) is 4.21. The predicted octanol–water partition coefficient (Wildman–Crippen LogP) is 3.34. The number of rotatable bonds is 5. The van der Waals surface area contributed by atoms with Crippen molar-refractivity contribution in [2.45, 2.75) is 52.5 Å². The van der Waals surface area contributed by atoms with Gasteiger partial charge >= 0.3 is 0 Å². The van der Waals surface area contributed by atoms with E-state index in [0.29, 0.717) is 6.04 Å². The summed E-state index contributed by atoms with van der Waals surface area (Å²) in [5.74, 6) is 0.132. The molecule has 21 heavy (non-hydrogen) atoms. The Kier molecular flexibility index (Phi) is 7.20. The summed E-state index contributed by atoms with van der Waals surface area (Å²) in [5.41, 5.74) is 3.90. The lowest BCUT2D eigenvalue weighted by Crippen LogP contribution is -2.36. The van der Waals surface area contributed by atoms with E-state index >= 15 is 0 Å². The number of amides is 1. The molecule has 118 valence electrons. The first-order valence-corrected chi connectivity index (χ1v) is 7.79. The smallest absolute Gasteiger partial charge is 0.223 e. The highest BCUT2D eigenvalue weighted by molar-refractivity contribution is 5.92. The monoisotopic (exact) mass is 310 g/mol. The van der Waals surface area contributed by atoms with Crippen LogP contribution < -0.4 is 10.2 Å². The largest absolute Gasteiger partial charge is 0.314 e. The molecule has 2 rings (SSSR count). The highest BCUT2D eigenvalue weighted by Gasteiger charge is 2.22. The minimum absolute atomic E-state index is 0. The molecule has 1 aliphatic rings. The van der Waals surface area contributed by atoms with Gasteiger partial charge in [0.25, 0.3) is 0 Å². The second-order valence-electron chi connectivity index (χ2n) is 5.57. The lowest BCUT2D eigenvalue weighted by atomic mass is 9.86. The van der Waals surface area contributed by atoms with Crippen LogP contribution in [-0.2, 0) is 17.6 Å². The molecule has 0 bridgehead atoms. The van der Waals surface area contributed by atoms with Crippen LogP contribution in [0.15, 0.2) is 18.2 Å². The van der Waals surface area contributed by atoms with Crippen LogP contribution in [0.3, 0.4) is 0 Å². The van der Waals surface area contributed by atoms with E-state index in [1.807, 2.05) is 11.8 Å². The number of carbonyl (C=O) groups excluding carboxylic acids is 1. The van der Waals surface area contributed by atoms with Gasteiger partial charge in [-0.25, -0.2) is 0 Å². The highest BCUT2D eigenvalue weighted by atomic mass is 35.5. The first-order valence-electron chi connectivity index (χ1n) is 7.79. The second-order valence-corrected chi connectivity index (χ2v) is 5.57. The van der Waals surface area contributed by atoms with Crippen molar-refractivity contribution in [3.8, 4) is 0 Å². The van der Waals surface area contributed by atoms with E-state index in [-0.39, 0.29) is 18.3 Å². The van der Waals surface area contributed by atoms with E-state index in [1.54, 1.807) is 6.92 Å². The van der Waals surface area contributed by atoms with Crippen molar-refractivity contribution in [3.05, 3.63) is 29.3 Å². The maximum atomic E-state index is 11.8. The van der Waals surface area contributed by atoms with E-state index in [0.717, 1.165) is 31.6 Å². The Morgan fingerprint density at radius 1 is 1.38 bits per heavy atom. The van der Waals surface area contributed by atoms with Gasteiger partial charge in [0.05, 0.1) is 0 Å². The van der Waals surface area contributed by atoms with Crippen LogP contribution in [0.5, 0.6) is 0 Å². The van der Waals surface area contributed by atoms with Crippen LogP contribution in [0, 0.1) is 0 Å². The zero-order valence-corrected chi connectivity index (χ0v) is 14.1. The average molecular weight is 311 g/mol. The van der Waals surface area contributed by atoms with Crippen molar-refractivity contribution in [1.29, 1.82) is 0 Å². The van der Waals surface area contributed by atoms with E-state index in [4.69, 9.17) is 0 Å². The fraction of sp³-hybridized carbons (Fsp3) is 0.588. The van der Waals surface area contributed by atoms with E-state index in [2.05, 4.69) is 30.4 Å². The fourth-order valence-electron chi connectivity index (χ4n) is 3.13. The molecule has 1 unspecified atom stereocenters. The molecular weight excluding hydrogens is 284 g/mol. The van der Waals surface area contributed by atoms with Gasteiger partial charge in [-0.2, -0.15) is 0 Å². The normalized spacial score (nSPS) is 16.8. The van der Waals surface area contributed by atoms with Crippen molar-refractivity contribution in [1.82, 2.24) is 5.32 Å². The summed E-state index contributed by atoms with van der Waals surface area (Å²) in [6.07, 6.45) is 4.49. The lowest BCUT2D eigenvalue weighted by Gasteiger charge is -2.30. The molecule has 0 heterocycles. The summed E-state index contributed by atoms with van der Waals surface area (Å²) in [6.45, 7) is 7.72. The van der Waals surface area contributed by atoms with Crippen LogP contribution in [0.25, 0.3) is 0 Å². The Balaban J connectivity index is 0.00000220. The minimum atomic E-state index is 0. The van der Waals surface area contributed by atoms with Gasteiger partial charge in [-0.3, -0.25) is 4.79 Å². The number of fused-ring (bicyclic) bond motifs is 1. The Morgan fingerprint density at radius 2 is 2.14 bits per heavy atom. The summed E-state index contributed by atoms with van der Waals surface area (Å²) in [4.78, 5) is 13.7. The Bertz CT molecular complexity index is 476. The molecule has 0 aliphatic heterocycles. The van der Waals surface area contributed by atoms with Crippen LogP contribution in [0.4, 0.5) is 5.69 Å². The molecular formula is C17H27ClN2O. The predicted molar refractivity (Wildman–Crippen MR) is 91.5 cm³/mol. The van der Waals surface area contributed by atoms with Gasteiger partial charge in [-0.15, -0.1) is 12.4 Å². The Labute approximate surface area is 134 Å². The first-order chi connectivity index (χ1) is 9.67. The van der Waals surface area contributed by atoms with Crippen molar-refractivity contribution < 1.29 is 4.79 Å². The molecule has 0 saturated heterocycles. The number of hydrogen-bond donors (Lipinski definition) is 1. The van der Waals surface area contributed by atoms with Gasteiger partial charge < -0.3 is 10.2 Å². The number of carbonyl (C=O) groups is 1. The zero-order valence-electron chi connectivity index (χ0n) is 13.3. The summed E-state index contributed by atoms with van der Waals surface area (Å²) >= 11 is 0. The third-order valence-corrected chi connectivity index (χ3v) is 4.13. The number of nitrogens with one attached hydrogen (secondary N) is 1. The third-order valence-electron chi connectivity index (χ3n) is 4.13. The average Bonchev–Trinajstić information content (AvgIpc) is 2.45. The number of anilines is 1. The van der Waals surface area contributed by atoms with Gasteiger partial charge in [0.15, 0.2) is 0 Å². The number of halogens is 1. The molecule has 1 amide bonds. The van der Waals surface area contributed by atoms with Gasteiger partial charge in [-0.05, 0) is 56.3 Å². The molecule has 0 aromatic heterocycles. The molecule has 1 atom stereocenters. The second kappa shape index (κ2) is 8.40. The molecule has 1 aromatic rings. The summed E-state index contributed by atoms with van der Waals surface area (Å²) in [6, 6.07) is 6.98. The number of nitrogens with zero attached hydrogens (tertiary/aromatic N) is 1. The topological polar surface area (TPSA) is 32.3 Å². The number of hydrogen-bond acceptors (Lipinski definition) is 2. The first kappa shape index (κ1) is 18.0. The van der Waals surface area contributed by atoms with Crippen LogP contribution in [0.1, 0.15) is 44.7 Å². The quantitative estimate of drug-likeness (QED) is 0.904. The van der Waals surface area contributed by atoms with E-state index in [1.165, 1.54) is 24.0 Å². The van der Waals surface area contributed by atoms with Crippen LogP contribution >= 0.6 is 12.4 Å². The lowest BCUT2D eigenvalue weighted by molar-refractivity contribution is -0.116. The Hall–Kier alpha value is -1.06. The summed E-state index contributed by atoms with van der Waals surface area (Å²) < 4.78 is 0. The molecule has 1 aromatic carbocycles. The van der Waals surface area contributed by atoms with Gasteiger partial charge in [-0.1, -0.05) is 19.1 Å². The van der Waals surface area contributed by atoms with E-state index in [9.17, 15) is 4.79 Å². The maximum absolute atomic E-state index is 11.8. The summed E-state index contributed by atoms with van der Waals surface area (Å²) in [7, 11) is 0. The van der Waals surface area contributed by atoms with E-state index < -0.39 is 0 Å². The Morgan fingerprint density at radius 3 is 2.76 bits per heavy atom. The molecule has 0 radical (unpaired) electrons.